The van der Waals surface area contributed by atoms with E-state index in [4.69, 9.17) is 16.7 Å². The molecule has 5 heteroatoms. The third kappa shape index (κ3) is 3.23. The van der Waals surface area contributed by atoms with E-state index >= 15 is 0 Å². The minimum Gasteiger partial charge on any atom is -0.480 e. The first-order valence-electron chi connectivity index (χ1n) is 5.63. The average Bonchev–Trinajstić information content (AvgIpc) is 2.28. The van der Waals surface area contributed by atoms with Crippen LogP contribution in [0.1, 0.15) is 29.8 Å². The van der Waals surface area contributed by atoms with Crippen molar-refractivity contribution in [3.63, 3.8) is 0 Å². The summed E-state index contributed by atoms with van der Waals surface area (Å²) in [5.74, 6) is -1.72. The number of benzene rings is 1. The molecule has 0 bridgehead atoms. The van der Waals surface area contributed by atoms with Crippen molar-refractivity contribution in [1.29, 1.82) is 0 Å². The number of aryl methyl sites for hydroxylation is 1. The van der Waals surface area contributed by atoms with Crippen molar-refractivity contribution in [1.82, 2.24) is 5.32 Å². The molecule has 2 N–H and O–H groups in total. The van der Waals surface area contributed by atoms with E-state index in [0.717, 1.165) is 5.56 Å². The van der Waals surface area contributed by atoms with Gasteiger partial charge in [-0.3, -0.25) is 4.79 Å². The molecule has 0 aliphatic heterocycles. The summed E-state index contributed by atoms with van der Waals surface area (Å²) in [5, 5.41) is 11.8. The monoisotopic (exact) mass is 269 g/mol. The van der Waals surface area contributed by atoms with Crippen LogP contribution in [0.4, 0.5) is 0 Å². The number of amides is 1. The Labute approximate surface area is 111 Å². The number of carboxylic acids is 1. The van der Waals surface area contributed by atoms with E-state index in [-0.39, 0.29) is 5.92 Å². The van der Waals surface area contributed by atoms with Crippen LogP contribution in [0.3, 0.4) is 0 Å². The van der Waals surface area contributed by atoms with Gasteiger partial charge in [-0.15, -0.1) is 0 Å². The Morgan fingerprint density at radius 3 is 2.44 bits per heavy atom. The van der Waals surface area contributed by atoms with Crippen molar-refractivity contribution >= 4 is 23.5 Å². The van der Waals surface area contributed by atoms with Gasteiger partial charge in [-0.1, -0.05) is 37.6 Å². The number of hydrogen-bond donors (Lipinski definition) is 2. The first kappa shape index (κ1) is 14.5. The number of halogens is 1. The van der Waals surface area contributed by atoms with E-state index in [1.807, 2.05) is 0 Å². The molecule has 1 amide bonds. The van der Waals surface area contributed by atoms with Gasteiger partial charge >= 0.3 is 5.97 Å². The van der Waals surface area contributed by atoms with Gasteiger partial charge in [-0.25, -0.2) is 4.79 Å². The Morgan fingerprint density at radius 2 is 1.94 bits per heavy atom. The Balaban J connectivity index is 2.94. The lowest BCUT2D eigenvalue weighted by Gasteiger charge is -2.18. The van der Waals surface area contributed by atoms with Crippen molar-refractivity contribution in [2.75, 3.05) is 0 Å². The minimum atomic E-state index is -1.05. The van der Waals surface area contributed by atoms with Gasteiger partial charge in [0.05, 0.1) is 10.6 Å². The summed E-state index contributed by atoms with van der Waals surface area (Å²) in [6, 6.07) is 4.15. The molecule has 18 heavy (non-hydrogen) atoms. The molecule has 0 aromatic heterocycles. The molecule has 1 rings (SSSR count). The van der Waals surface area contributed by atoms with Crippen molar-refractivity contribution < 1.29 is 14.7 Å². The smallest absolute Gasteiger partial charge is 0.326 e. The number of rotatable bonds is 4. The summed E-state index contributed by atoms with van der Waals surface area (Å²) in [4.78, 5) is 23.0. The molecule has 0 heterocycles. The zero-order valence-corrected chi connectivity index (χ0v) is 11.3. The van der Waals surface area contributed by atoms with Crippen LogP contribution >= 0.6 is 11.6 Å². The SMILES string of the molecule is Cc1cccc(C(=O)NC(C(=O)O)C(C)C)c1Cl. The van der Waals surface area contributed by atoms with Gasteiger partial charge in [0.15, 0.2) is 0 Å². The van der Waals surface area contributed by atoms with Crippen LogP contribution in [0.25, 0.3) is 0 Å². The molecule has 0 saturated heterocycles. The molecule has 4 nitrogen and oxygen atoms in total. The molecule has 0 aliphatic carbocycles. The van der Waals surface area contributed by atoms with Gasteiger partial charge in [0.25, 0.3) is 5.91 Å². The van der Waals surface area contributed by atoms with E-state index < -0.39 is 17.9 Å². The number of aliphatic carboxylic acids is 1. The molecule has 1 aromatic rings. The molecule has 0 fully saturated rings. The lowest BCUT2D eigenvalue weighted by molar-refractivity contribution is -0.140. The van der Waals surface area contributed by atoms with E-state index in [9.17, 15) is 9.59 Å². The van der Waals surface area contributed by atoms with Crippen LogP contribution in [0.15, 0.2) is 18.2 Å². The van der Waals surface area contributed by atoms with Crippen LogP contribution in [0.2, 0.25) is 5.02 Å². The highest BCUT2D eigenvalue weighted by atomic mass is 35.5. The summed E-state index contributed by atoms with van der Waals surface area (Å²) >= 11 is 6.02. The topological polar surface area (TPSA) is 66.4 Å². The van der Waals surface area contributed by atoms with Gasteiger partial charge in [0.1, 0.15) is 6.04 Å². The molecule has 0 spiro atoms. The van der Waals surface area contributed by atoms with E-state index in [1.54, 1.807) is 39.0 Å². The lowest BCUT2D eigenvalue weighted by Crippen LogP contribution is -2.44. The maximum Gasteiger partial charge on any atom is 0.326 e. The van der Waals surface area contributed by atoms with Crippen molar-refractivity contribution in [3.05, 3.63) is 34.3 Å². The fourth-order valence-electron chi connectivity index (χ4n) is 1.56. The molecule has 0 aliphatic rings. The van der Waals surface area contributed by atoms with Gasteiger partial charge in [0.2, 0.25) is 0 Å². The predicted molar refractivity (Wildman–Crippen MR) is 69.9 cm³/mol. The fraction of sp³-hybridized carbons (Fsp3) is 0.385. The average molecular weight is 270 g/mol. The molecule has 1 unspecified atom stereocenters. The first-order chi connectivity index (χ1) is 8.34. The Hall–Kier alpha value is -1.55. The maximum atomic E-state index is 12.0. The first-order valence-corrected chi connectivity index (χ1v) is 6.01. The van der Waals surface area contributed by atoms with Crippen molar-refractivity contribution in [3.8, 4) is 0 Å². The van der Waals surface area contributed by atoms with E-state index in [0.29, 0.717) is 10.6 Å². The normalized spacial score (nSPS) is 12.3. The number of carbonyl (C=O) groups is 2. The third-order valence-corrected chi connectivity index (χ3v) is 3.16. The molecule has 0 saturated carbocycles. The summed E-state index contributed by atoms with van der Waals surface area (Å²) in [7, 11) is 0. The highest BCUT2D eigenvalue weighted by Gasteiger charge is 2.24. The molecular formula is C13H16ClNO3. The van der Waals surface area contributed by atoms with Crippen LogP contribution in [-0.2, 0) is 4.79 Å². The summed E-state index contributed by atoms with van der Waals surface area (Å²) < 4.78 is 0. The summed E-state index contributed by atoms with van der Waals surface area (Å²) in [6.45, 7) is 5.25. The van der Waals surface area contributed by atoms with Gasteiger partial charge < -0.3 is 10.4 Å². The zero-order valence-electron chi connectivity index (χ0n) is 10.5. The lowest BCUT2D eigenvalue weighted by atomic mass is 10.0. The predicted octanol–water partition coefficient (Wildman–Crippen LogP) is 2.49. The fourth-order valence-corrected chi connectivity index (χ4v) is 1.77. The number of carboxylic acid groups (broad SMARTS) is 1. The van der Waals surface area contributed by atoms with Gasteiger partial charge in [-0.2, -0.15) is 0 Å². The summed E-state index contributed by atoms with van der Waals surface area (Å²) in [6.07, 6.45) is 0. The molecule has 98 valence electrons. The zero-order chi connectivity index (χ0) is 13.9. The van der Waals surface area contributed by atoms with Crippen LogP contribution in [0.5, 0.6) is 0 Å². The Kier molecular flexibility index (Phi) is 4.73. The third-order valence-electron chi connectivity index (χ3n) is 2.66. The van der Waals surface area contributed by atoms with Crippen LogP contribution in [-0.4, -0.2) is 23.0 Å². The Bertz CT molecular complexity index is 471. The standard InChI is InChI=1S/C13H16ClNO3/c1-7(2)11(13(17)18)15-12(16)9-6-4-5-8(3)10(9)14/h4-7,11H,1-3H3,(H,15,16)(H,17,18). The molecule has 0 radical (unpaired) electrons. The molecule has 1 aromatic carbocycles. The van der Waals surface area contributed by atoms with Crippen molar-refractivity contribution in [2.24, 2.45) is 5.92 Å². The summed E-state index contributed by atoms with van der Waals surface area (Å²) in [5.41, 5.74) is 1.07. The largest absolute Gasteiger partial charge is 0.480 e. The second-order valence-electron chi connectivity index (χ2n) is 4.47. The van der Waals surface area contributed by atoms with Gasteiger partial charge in [0, 0.05) is 0 Å². The number of nitrogens with one attached hydrogen (secondary N) is 1. The number of hydrogen-bond acceptors (Lipinski definition) is 2. The van der Waals surface area contributed by atoms with Crippen LogP contribution in [0, 0.1) is 12.8 Å². The Morgan fingerprint density at radius 1 is 1.33 bits per heavy atom. The second-order valence-corrected chi connectivity index (χ2v) is 4.85. The minimum absolute atomic E-state index is 0.199. The van der Waals surface area contributed by atoms with Crippen molar-refractivity contribution in [2.45, 2.75) is 26.8 Å². The maximum absolute atomic E-state index is 12.0. The number of carbonyl (C=O) groups excluding carboxylic acids is 1. The van der Waals surface area contributed by atoms with E-state index in [2.05, 4.69) is 5.32 Å². The van der Waals surface area contributed by atoms with Gasteiger partial charge in [-0.05, 0) is 24.5 Å². The highest BCUT2D eigenvalue weighted by Crippen LogP contribution is 2.20. The van der Waals surface area contributed by atoms with E-state index in [1.165, 1.54) is 0 Å². The molecule has 1 atom stereocenters. The quantitative estimate of drug-likeness (QED) is 0.882. The van der Waals surface area contributed by atoms with Crippen LogP contribution < -0.4 is 5.32 Å². The molecular weight excluding hydrogens is 254 g/mol. The highest BCUT2D eigenvalue weighted by molar-refractivity contribution is 6.34. The second kappa shape index (κ2) is 5.87.